The molecule has 0 fully saturated rings. The first-order valence-electron chi connectivity index (χ1n) is 7.77. The van der Waals surface area contributed by atoms with Crippen molar-refractivity contribution in [3.8, 4) is 11.5 Å². The second-order valence-electron chi connectivity index (χ2n) is 5.30. The lowest BCUT2D eigenvalue weighted by molar-refractivity contribution is 0.0787. The van der Waals surface area contributed by atoms with Crippen molar-refractivity contribution in [2.45, 2.75) is 11.0 Å². The molecule has 1 heterocycles. The topological polar surface area (TPSA) is 47.6 Å². The molecule has 0 spiro atoms. The summed E-state index contributed by atoms with van der Waals surface area (Å²) in [6.07, 6.45) is 1.63. The van der Waals surface area contributed by atoms with Crippen LogP contribution in [0.25, 0.3) is 0 Å². The zero-order valence-corrected chi connectivity index (χ0v) is 14.1. The summed E-state index contributed by atoms with van der Waals surface area (Å²) in [4.78, 5) is 13.4. The van der Waals surface area contributed by atoms with Crippen LogP contribution >= 0.6 is 11.8 Å². The monoisotopic (exact) mass is 341 g/mol. The van der Waals surface area contributed by atoms with Crippen LogP contribution < -0.4 is 14.8 Å². The molecule has 2 aromatic carbocycles. The molecule has 1 amide bonds. The van der Waals surface area contributed by atoms with Crippen LogP contribution in [-0.4, -0.2) is 30.9 Å². The third-order valence-corrected chi connectivity index (χ3v) is 4.62. The number of hydrogen-bond donors (Lipinski definition) is 1. The number of benzene rings is 2. The maximum absolute atomic E-state index is 12.5. The number of rotatable bonds is 6. The van der Waals surface area contributed by atoms with Gasteiger partial charge in [0.05, 0.1) is 12.1 Å². The molecular weight excluding hydrogens is 322 g/mol. The van der Waals surface area contributed by atoms with E-state index in [1.54, 1.807) is 11.8 Å². The lowest BCUT2D eigenvalue weighted by atomic mass is 10.2. The number of thioether (sulfide) groups is 1. The summed E-state index contributed by atoms with van der Waals surface area (Å²) < 4.78 is 11.5. The van der Waals surface area contributed by atoms with Crippen molar-refractivity contribution in [2.24, 2.45) is 0 Å². The lowest BCUT2D eigenvalue weighted by Crippen LogP contribution is -2.40. The van der Waals surface area contributed by atoms with Gasteiger partial charge in [0.25, 0.3) is 5.91 Å². The molecule has 0 saturated carbocycles. The molecule has 1 atom stereocenters. The zero-order chi connectivity index (χ0) is 16.8. The summed E-state index contributed by atoms with van der Waals surface area (Å²) >= 11 is 1.59. The fraction of sp³-hybridized carbons (Fsp3) is 0.211. The first-order valence-corrected chi connectivity index (χ1v) is 8.76. The quantitative estimate of drug-likeness (QED) is 0.645. The standard InChI is InChI=1S/C19H19NO3S/c1-2-11-24-18-10-6-3-7-15(18)19(21)20-12-14-13-22-16-8-4-5-9-17(16)23-14/h2-10,14H,1,11-13H2,(H,20,21)/t14-/m0/s1. The van der Waals surface area contributed by atoms with E-state index < -0.39 is 0 Å². The molecule has 124 valence electrons. The van der Waals surface area contributed by atoms with E-state index in [1.807, 2.05) is 54.6 Å². The van der Waals surface area contributed by atoms with Gasteiger partial charge in [-0.1, -0.05) is 30.3 Å². The number of para-hydroxylation sites is 2. The van der Waals surface area contributed by atoms with Crippen molar-refractivity contribution < 1.29 is 14.3 Å². The Hall–Kier alpha value is -2.40. The number of nitrogens with one attached hydrogen (secondary N) is 1. The normalized spacial score (nSPS) is 15.6. The van der Waals surface area contributed by atoms with E-state index in [0.717, 1.165) is 16.4 Å². The molecule has 1 N–H and O–H groups in total. The minimum absolute atomic E-state index is 0.107. The van der Waals surface area contributed by atoms with E-state index in [4.69, 9.17) is 9.47 Å². The number of carbonyl (C=O) groups is 1. The largest absolute Gasteiger partial charge is 0.486 e. The number of amides is 1. The van der Waals surface area contributed by atoms with Crippen molar-refractivity contribution in [1.29, 1.82) is 0 Å². The lowest BCUT2D eigenvalue weighted by Gasteiger charge is -2.26. The summed E-state index contributed by atoms with van der Waals surface area (Å²) in [5.74, 6) is 2.11. The molecule has 0 saturated heterocycles. The Bertz CT molecular complexity index is 732. The van der Waals surface area contributed by atoms with Gasteiger partial charge in [0.15, 0.2) is 11.5 Å². The SMILES string of the molecule is C=CCSc1ccccc1C(=O)NC[C@H]1COc2ccccc2O1. The summed E-state index contributed by atoms with van der Waals surface area (Å²) in [5.41, 5.74) is 0.668. The third kappa shape index (κ3) is 3.92. The van der Waals surface area contributed by atoms with Gasteiger partial charge in [0, 0.05) is 10.6 Å². The van der Waals surface area contributed by atoms with Crippen LogP contribution in [0, 0.1) is 0 Å². The van der Waals surface area contributed by atoms with Gasteiger partial charge in [-0.05, 0) is 24.3 Å². The van der Waals surface area contributed by atoms with Crippen LogP contribution in [-0.2, 0) is 0 Å². The second kappa shape index (κ2) is 7.93. The number of fused-ring (bicyclic) bond motifs is 1. The smallest absolute Gasteiger partial charge is 0.252 e. The van der Waals surface area contributed by atoms with E-state index >= 15 is 0 Å². The molecule has 0 aromatic heterocycles. The summed E-state index contributed by atoms with van der Waals surface area (Å²) in [5, 5.41) is 2.93. The van der Waals surface area contributed by atoms with Gasteiger partial charge in [0.1, 0.15) is 12.7 Å². The first-order chi connectivity index (χ1) is 11.8. The highest BCUT2D eigenvalue weighted by Gasteiger charge is 2.21. The Morgan fingerprint density at radius 3 is 2.79 bits per heavy atom. The Kier molecular flexibility index (Phi) is 5.43. The predicted molar refractivity (Wildman–Crippen MR) is 96.0 cm³/mol. The van der Waals surface area contributed by atoms with Crippen LogP contribution in [0.4, 0.5) is 0 Å². The summed E-state index contributed by atoms with van der Waals surface area (Å²) in [6, 6.07) is 15.1. The Balaban J connectivity index is 1.59. The Morgan fingerprint density at radius 2 is 1.96 bits per heavy atom. The van der Waals surface area contributed by atoms with Crippen molar-refractivity contribution in [3.63, 3.8) is 0 Å². The molecule has 0 aliphatic carbocycles. The predicted octanol–water partition coefficient (Wildman–Crippen LogP) is 3.53. The van der Waals surface area contributed by atoms with Gasteiger partial charge in [-0.15, -0.1) is 18.3 Å². The molecule has 24 heavy (non-hydrogen) atoms. The van der Waals surface area contributed by atoms with E-state index in [-0.39, 0.29) is 12.0 Å². The summed E-state index contributed by atoms with van der Waals surface area (Å²) in [6.45, 7) is 4.53. The first kappa shape index (κ1) is 16.5. The fourth-order valence-corrected chi connectivity index (χ4v) is 3.18. The van der Waals surface area contributed by atoms with Crippen LogP contribution in [0.1, 0.15) is 10.4 Å². The van der Waals surface area contributed by atoms with Crippen molar-refractivity contribution in [1.82, 2.24) is 5.32 Å². The average molecular weight is 341 g/mol. The van der Waals surface area contributed by atoms with Crippen molar-refractivity contribution in [3.05, 3.63) is 66.7 Å². The minimum atomic E-state index is -0.197. The van der Waals surface area contributed by atoms with E-state index in [0.29, 0.717) is 24.5 Å². The van der Waals surface area contributed by atoms with Crippen LogP contribution in [0.3, 0.4) is 0 Å². The van der Waals surface area contributed by atoms with E-state index in [2.05, 4.69) is 11.9 Å². The minimum Gasteiger partial charge on any atom is -0.486 e. The maximum Gasteiger partial charge on any atom is 0.252 e. The third-order valence-electron chi connectivity index (χ3n) is 3.55. The highest BCUT2D eigenvalue weighted by atomic mass is 32.2. The molecule has 0 unspecified atom stereocenters. The molecular formula is C19H19NO3S. The average Bonchev–Trinajstić information content (AvgIpc) is 2.64. The zero-order valence-electron chi connectivity index (χ0n) is 13.2. The van der Waals surface area contributed by atoms with Crippen molar-refractivity contribution >= 4 is 17.7 Å². The van der Waals surface area contributed by atoms with Gasteiger partial charge in [-0.25, -0.2) is 0 Å². The number of carbonyl (C=O) groups excluding carboxylic acids is 1. The van der Waals surface area contributed by atoms with Gasteiger partial charge >= 0.3 is 0 Å². The number of hydrogen-bond acceptors (Lipinski definition) is 4. The van der Waals surface area contributed by atoms with E-state index in [9.17, 15) is 4.79 Å². The van der Waals surface area contributed by atoms with Crippen molar-refractivity contribution in [2.75, 3.05) is 18.9 Å². The van der Waals surface area contributed by atoms with Crippen LogP contribution in [0.15, 0.2) is 66.1 Å². The molecule has 0 radical (unpaired) electrons. The molecule has 5 heteroatoms. The summed E-state index contributed by atoms with van der Waals surface area (Å²) in [7, 11) is 0. The van der Waals surface area contributed by atoms with Crippen LogP contribution in [0.5, 0.6) is 11.5 Å². The van der Waals surface area contributed by atoms with Gasteiger partial charge in [0.2, 0.25) is 0 Å². The molecule has 4 nitrogen and oxygen atoms in total. The van der Waals surface area contributed by atoms with E-state index in [1.165, 1.54) is 0 Å². The second-order valence-corrected chi connectivity index (χ2v) is 6.37. The molecule has 0 bridgehead atoms. The highest BCUT2D eigenvalue weighted by molar-refractivity contribution is 7.99. The molecule has 1 aliphatic heterocycles. The maximum atomic E-state index is 12.5. The molecule has 3 rings (SSSR count). The van der Waals surface area contributed by atoms with Crippen LogP contribution in [0.2, 0.25) is 0 Å². The van der Waals surface area contributed by atoms with Gasteiger partial charge in [-0.2, -0.15) is 0 Å². The fourth-order valence-electron chi connectivity index (χ4n) is 2.39. The van der Waals surface area contributed by atoms with Gasteiger partial charge < -0.3 is 14.8 Å². The molecule has 2 aromatic rings. The van der Waals surface area contributed by atoms with Gasteiger partial charge in [-0.3, -0.25) is 4.79 Å². The Labute approximate surface area is 145 Å². The molecule has 1 aliphatic rings. The number of ether oxygens (including phenoxy) is 2. The highest BCUT2D eigenvalue weighted by Crippen LogP contribution is 2.30. The Morgan fingerprint density at radius 1 is 1.21 bits per heavy atom.